The first-order valence-electron chi connectivity index (χ1n) is 6.44. The Kier molecular flexibility index (Phi) is 3.27. The number of esters is 1. The lowest BCUT2D eigenvalue weighted by atomic mass is 10.3. The third-order valence-electron chi connectivity index (χ3n) is 2.97. The Morgan fingerprint density at radius 2 is 2.14 bits per heavy atom. The van der Waals surface area contributed by atoms with Gasteiger partial charge in [-0.3, -0.25) is 9.20 Å². The largest absolute Gasteiger partial charge is 0.461 e. The van der Waals surface area contributed by atoms with Crippen LogP contribution in [0, 0.1) is 0 Å². The van der Waals surface area contributed by atoms with E-state index in [1.54, 1.807) is 47.9 Å². The molecule has 3 heterocycles. The first-order chi connectivity index (χ1) is 10.2. The zero-order valence-corrected chi connectivity index (χ0v) is 11.3. The van der Waals surface area contributed by atoms with E-state index in [1.807, 2.05) is 0 Å². The highest BCUT2D eigenvalue weighted by molar-refractivity contribution is 6.07. The first kappa shape index (κ1) is 13.1. The molecule has 0 atom stereocenters. The van der Waals surface area contributed by atoms with Crippen molar-refractivity contribution in [2.45, 2.75) is 6.92 Å². The van der Waals surface area contributed by atoms with Crippen molar-refractivity contribution in [3.05, 3.63) is 60.1 Å². The van der Waals surface area contributed by atoms with Crippen molar-refractivity contribution < 1.29 is 18.7 Å². The molecule has 106 valence electrons. The van der Waals surface area contributed by atoms with E-state index in [2.05, 4.69) is 4.98 Å². The predicted molar refractivity (Wildman–Crippen MR) is 73.3 cm³/mol. The number of carbonyl (C=O) groups excluding carboxylic acids is 2. The maximum atomic E-state index is 12.4. The van der Waals surface area contributed by atoms with Gasteiger partial charge in [0.25, 0.3) is 5.78 Å². The average Bonchev–Trinajstić information content (AvgIpc) is 3.15. The number of carbonyl (C=O) groups is 2. The van der Waals surface area contributed by atoms with Crippen molar-refractivity contribution in [3.63, 3.8) is 0 Å². The van der Waals surface area contributed by atoms with Crippen LogP contribution < -0.4 is 0 Å². The minimum absolute atomic E-state index is 0.114. The van der Waals surface area contributed by atoms with E-state index in [4.69, 9.17) is 9.15 Å². The van der Waals surface area contributed by atoms with Gasteiger partial charge in [0.15, 0.2) is 17.3 Å². The summed E-state index contributed by atoms with van der Waals surface area (Å²) in [6, 6.07) is 8.40. The lowest BCUT2D eigenvalue weighted by Gasteiger charge is -1.98. The predicted octanol–water partition coefficient (Wildman–Crippen LogP) is 2.33. The van der Waals surface area contributed by atoms with Gasteiger partial charge in [0.05, 0.1) is 18.4 Å². The SMILES string of the molecule is CCOC(=O)c1nc(C(=O)c2ccco2)n2ccccc12. The summed E-state index contributed by atoms with van der Waals surface area (Å²) in [5.41, 5.74) is 0.637. The molecular weight excluding hydrogens is 272 g/mol. The van der Waals surface area contributed by atoms with Crippen LogP contribution in [0.3, 0.4) is 0 Å². The van der Waals surface area contributed by atoms with E-state index in [9.17, 15) is 9.59 Å². The average molecular weight is 284 g/mol. The van der Waals surface area contributed by atoms with Gasteiger partial charge in [-0.25, -0.2) is 9.78 Å². The Balaban J connectivity index is 2.15. The second-order valence-corrected chi connectivity index (χ2v) is 4.27. The molecule has 0 fully saturated rings. The Bertz CT molecular complexity index is 802. The highest BCUT2D eigenvalue weighted by atomic mass is 16.5. The maximum absolute atomic E-state index is 12.4. The smallest absolute Gasteiger partial charge is 0.359 e. The highest BCUT2D eigenvalue weighted by Crippen LogP contribution is 2.17. The van der Waals surface area contributed by atoms with Gasteiger partial charge in [-0.2, -0.15) is 0 Å². The summed E-state index contributed by atoms with van der Waals surface area (Å²) in [7, 11) is 0. The van der Waals surface area contributed by atoms with Crippen molar-refractivity contribution in [3.8, 4) is 0 Å². The van der Waals surface area contributed by atoms with Crippen molar-refractivity contribution in [1.82, 2.24) is 9.38 Å². The van der Waals surface area contributed by atoms with E-state index in [1.165, 1.54) is 6.26 Å². The number of furan rings is 1. The number of hydrogen-bond acceptors (Lipinski definition) is 5. The number of nitrogens with zero attached hydrogens (tertiary/aromatic N) is 2. The maximum Gasteiger partial charge on any atom is 0.359 e. The molecule has 3 rings (SSSR count). The molecule has 0 radical (unpaired) electrons. The van der Waals surface area contributed by atoms with E-state index in [-0.39, 0.29) is 23.9 Å². The van der Waals surface area contributed by atoms with Crippen LogP contribution in [0.4, 0.5) is 0 Å². The van der Waals surface area contributed by atoms with Gasteiger partial charge < -0.3 is 9.15 Å². The summed E-state index contributed by atoms with van der Waals surface area (Å²) in [5.74, 6) is -0.666. The van der Waals surface area contributed by atoms with Gasteiger partial charge in [0.2, 0.25) is 0 Å². The number of aromatic nitrogens is 2. The molecule has 3 aromatic rings. The number of imidazole rings is 1. The van der Waals surface area contributed by atoms with E-state index in [0.717, 1.165) is 0 Å². The van der Waals surface area contributed by atoms with Gasteiger partial charge >= 0.3 is 5.97 Å². The van der Waals surface area contributed by atoms with Gasteiger partial charge in [-0.05, 0) is 31.2 Å². The minimum atomic E-state index is -0.556. The second-order valence-electron chi connectivity index (χ2n) is 4.27. The lowest BCUT2D eigenvalue weighted by molar-refractivity contribution is 0.0522. The zero-order valence-electron chi connectivity index (χ0n) is 11.3. The van der Waals surface area contributed by atoms with E-state index < -0.39 is 11.8 Å². The Morgan fingerprint density at radius 1 is 1.29 bits per heavy atom. The first-order valence-corrected chi connectivity index (χ1v) is 6.44. The molecule has 0 aliphatic carbocycles. The number of ether oxygens (including phenoxy) is 1. The summed E-state index contributed by atoms with van der Waals surface area (Å²) < 4.78 is 11.6. The Morgan fingerprint density at radius 3 is 2.86 bits per heavy atom. The number of fused-ring (bicyclic) bond motifs is 1. The molecule has 0 N–H and O–H groups in total. The third-order valence-corrected chi connectivity index (χ3v) is 2.97. The second kappa shape index (κ2) is 5.24. The van der Waals surface area contributed by atoms with Gasteiger partial charge in [0.1, 0.15) is 0 Å². The fourth-order valence-corrected chi connectivity index (χ4v) is 2.07. The summed E-state index contributed by atoms with van der Waals surface area (Å²) in [6.07, 6.45) is 3.08. The molecule has 21 heavy (non-hydrogen) atoms. The molecule has 0 bridgehead atoms. The molecule has 3 aromatic heterocycles. The Hall–Kier alpha value is -2.89. The van der Waals surface area contributed by atoms with E-state index >= 15 is 0 Å². The lowest BCUT2D eigenvalue weighted by Crippen LogP contribution is -2.07. The summed E-state index contributed by atoms with van der Waals surface area (Å²) in [6.45, 7) is 1.96. The monoisotopic (exact) mass is 284 g/mol. The fraction of sp³-hybridized carbons (Fsp3) is 0.133. The number of ketones is 1. The summed E-state index contributed by atoms with van der Waals surface area (Å²) >= 11 is 0. The van der Waals surface area contributed by atoms with Crippen LogP contribution in [0.25, 0.3) is 5.52 Å². The number of rotatable bonds is 4. The molecular formula is C15H12N2O4. The fourth-order valence-electron chi connectivity index (χ4n) is 2.07. The van der Waals surface area contributed by atoms with Crippen LogP contribution in [0.1, 0.15) is 33.8 Å². The molecule has 0 spiro atoms. The van der Waals surface area contributed by atoms with Gasteiger partial charge in [0, 0.05) is 6.20 Å². The summed E-state index contributed by atoms with van der Waals surface area (Å²) in [5, 5.41) is 0. The molecule has 0 aliphatic rings. The summed E-state index contributed by atoms with van der Waals surface area (Å²) in [4.78, 5) is 28.5. The Labute approximate surface area is 120 Å². The van der Waals surface area contributed by atoms with Crippen molar-refractivity contribution in [2.75, 3.05) is 6.61 Å². The van der Waals surface area contributed by atoms with E-state index in [0.29, 0.717) is 5.52 Å². The van der Waals surface area contributed by atoms with Crippen LogP contribution in [0.2, 0.25) is 0 Å². The van der Waals surface area contributed by atoms with Crippen molar-refractivity contribution in [2.24, 2.45) is 0 Å². The number of pyridine rings is 1. The van der Waals surface area contributed by atoms with Crippen LogP contribution in [0.5, 0.6) is 0 Å². The molecule has 0 saturated heterocycles. The third kappa shape index (κ3) is 2.20. The van der Waals surface area contributed by atoms with Crippen LogP contribution in [0.15, 0.2) is 47.2 Å². The van der Waals surface area contributed by atoms with Crippen molar-refractivity contribution in [1.29, 1.82) is 0 Å². The number of hydrogen-bond donors (Lipinski definition) is 0. The van der Waals surface area contributed by atoms with Crippen LogP contribution >= 0.6 is 0 Å². The molecule has 0 amide bonds. The quantitative estimate of drug-likeness (QED) is 0.543. The normalized spacial score (nSPS) is 10.7. The molecule has 0 saturated carbocycles. The topological polar surface area (TPSA) is 73.8 Å². The zero-order chi connectivity index (χ0) is 14.8. The minimum Gasteiger partial charge on any atom is -0.461 e. The molecule has 6 heteroatoms. The molecule has 6 nitrogen and oxygen atoms in total. The highest BCUT2D eigenvalue weighted by Gasteiger charge is 2.24. The van der Waals surface area contributed by atoms with Gasteiger partial charge in [-0.15, -0.1) is 0 Å². The van der Waals surface area contributed by atoms with Crippen LogP contribution in [-0.4, -0.2) is 27.7 Å². The van der Waals surface area contributed by atoms with Gasteiger partial charge in [-0.1, -0.05) is 6.07 Å². The molecule has 0 aliphatic heterocycles. The standard InChI is InChI=1S/C15H12N2O4/c1-2-20-15(19)12-10-6-3-4-8-17(10)14(16-12)13(18)11-7-5-9-21-11/h3-9H,2H2,1H3. The molecule has 0 aromatic carbocycles. The van der Waals surface area contributed by atoms with Crippen LogP contribution in [-0.2, 0) is 4.74 Å². The van der Waals surface area contributed by atoms with Crippen molar-refractivity contribution >= 4 is 17.3 Å². The molecule has 0 unspecified atom stereocenters.